The first-order valence-electron chi connectivity index (χ1n) is 10.7. The van der Waals surface area contributed by atoms with Gasteiger partial charge in [0.2, 0.25) is 0 Å². The van der Waals surface area contributed by atoms with E-state index in [4.69, 9.17) is 0 Å². The fourth-order valence-corrected chi connectivity index (χ4v) is 4.16. The van der Waals surface area contributed by atoms with Gasteiger partial charge in [-0.05, 0) is 50.1 Å². The number of hydrogen-bond acceptors (Lipinski definition) is 3. The number of benzene rings is 2. The largest absolute Gasteiger partial charge is 0.372 e. The number of aromatic amines is 1. The molecule has 0 unspecified atom stereocenters. The number of aromatic nitrogens is 2. The molecular weight excluding hydrogens is 388 g/mol. The molecule has 0 aliphatic rings. The molecule has 0 saturated heterocycles. The van der Waals surface area contributed by atoms with Gasteiger partial charge in [0.15, 0.2) is 0 Å². The molecular formula is C25H28N4O2. The van der Waals surface area contributed by atoms with Crippen molar-refractivity contribution in [2.45, 2.75) is 20.3 Å². The van der Waals surface area contributed by atoms with Crippen molar-refractivity contribution in [2.24, 2.45) is 7.05 Å². The van der Waals surface area contributed by atoms with Gasteiger partial charge in [-0.25, -0.2) is 0 Å². The number of hydrogen-bond donors (Lipinski definition) is 2. The molecule has 4 aromatic rings. The minimum Gasteiger partial charge on any atom is -0.372 e. The number of H-pyrrole nitrogens is 1. The molecule has 0 saturated carbocycles. The molecule has 2 heterocycles. The Kier molecular flexibility index (Phi) is 5.80. The van der Waals surface area contributed by atoms with E-state index in [9.17, 15) is 9.59 Å². The Morgan fingerprint density at radius 3 is 2.68 bits per heavy atom. The zero-order valence-electron chi connectivity index (χ0n) is 18.2. The second-order valence-corrected chi connectivity index (χ2v) is 7.88. The van der Waals surface area contributed by atoms with Gasteiger partial charge in [0, 0.05) is 37.8 Å². The molecule has 0 radical (unpaired) electrons. The van der Waals surface area contributed by atoms with Crippen molar-refractivity contribution in [1.82, 2.24) is 14.9 Å². The maximum absolute atomic E-state index is 12.9. The smallest absolute Gasteiger partial charge is 0.267 e. The summed E-state index contributed by atoms with van der Waals surface area (Å²) in [7, 11) is 1.83. The second kappa shape index (κ2) is 8.68. The third-order valence-electron chi connectivity index (χ3n) is 5.78. The zero-order valence-corrected chi connectivity index (χ0v) is 18.2. The van der Waals surface area contributed by atoms with Crippen molar-refractivity contribution < 1.29 is 4.79 Å². The summed E-state index contributed by atoms with van der Waals surface area (Å²) >= 11 is 0. The van der Waals surface area contributed by atoms with E-state index in [0.29, 0.717) is 17.6 Å². The minimum atomic E-state index is -0.180. The van der Waals surface area contributed by atoms with Gasteiger partial charge >= 0.3 is 0 Å². The van der Waals surface area contributed by atoms with E-state index < -0.39 is 0 Å². The van der Waals surface area contributed by atoms with Gasteiger partial charge in [-0.3, -0.25) is 9.59 Å². The lowest BCUT2D eigenvalue weighted by molar-refractivity contribution is 0.0945. The SMILES string of the molecule is CCN(CCCNC(=O)c1cc2c(=O)[nH]c3ccccc3c2n1C)c1cccc(C)c1. The summed E-state index contributed by atoms with van der Waals surface area (Å²) < 4.78 is 1.81. The topological polar surface area (TPSA) is 70.1 Å². The summed E-state index contributed by atoms with van der Waals surface area (Å²) in [4.78, 5) is 30.6. The van der Waals surface area contributed by atoms with Crippen LogP contribution >= 0.6 is 0 Å². The number of fused-ring (bicyclic) bond motifs is 3. The van der Waals surface area contributed by atoms with Gasteiger partial charge < -0.3 is 19.8 Å². The Labute approximate surface area is 181 Å². The quantitative estimate of drug-likeness (QED) is 0.448. The molecule has 0 fully saturated rings. The summed E-state index contributed by atoms with van der Waals surface area (Å²) in [5.41, 5.74) is 4.30. The van der Waals surface area contributed by atoms with Gasteiger partial charge in [-0.15, -0.1) is 0 Å². The Morgan fingerprint density at radius 2 is 1.90 bits per heavy atom. The Morgan fingerprint density at radius 1 is 1.10 bits per heavy atom. The molecule has 6 nitrogen and oxygen atoms in total. The molecule has 2 aromatic heterocycles. The van der Waals surface area contributed by atoms with Crippen LogP contribution in [0, 0.1) is 6.92 Å². The maximum Gasteiger partial charge on any atom is 0.267 e. The fraction of sp³-hybridized carbons (Fsp3) is 0.280. The third-order valence-corrected chi connectivity index (χ3v) is 5.78. The van der Waals surface area contributed by atoms with Crippen LogP contribution < -0.4 is 15.8 Å². The van der Waals surface area contributed by atoms with E-state index in [1.807, 2.05) is 35.9 Å². The highest BCUT2D eigenvalue weighted by Gasteiger charge is 2.17. The Hall–Kier alpha value is -3.54. The monoisotopic (exact) mass is 416 g/mol. The number of rotatable bonds is 7. The van der Waals surface area contributed by atoms with Crippen molar-refractivity contribution >= 4 is 33.4 Å². The average molecular weight is 417 g/mol. The molecule has 0 aliphatic heterocycles. The first-order valence-corrected chi connectivity index (χ1v) is 10.7. The molecule has 2 N–H and O–H groups in total. The van der Waals surface area contributed by atoms with E-state index >= 15 is 0 Å². The molecule has 2 aromatic carbocycles. The number of carbonyl (C=O) groups is 1. The van der Waals surface area contributed by atoms with Crippen molar-refractivity contribution in [2.75, 3.05) is 24.5 Å². The van der Waals surface area contributed by atoms with Crippen molar-refractivity contribution in [3.63, 3.8) is 0 Å². The molecule has 31 heavy (non-hydrogen) atoms. The van der Waals surface area contributed by atoms with Gasteiger partial charge in [0.05, 0.1) is 16.4 Å². The number of amides is 1. The summed E-state index contributed by atoms with van der Waals surface area (Å²) in [5.74, 6) is -0.166. The highest BCUT2D eigenvalue weighted by Crippen LogP contribution is 2.23. The molecule has 6 heteroatoms. The average Bonchev–Trinajstić information content (AvgIpc) is 3.12. The summed E-state index contributed by atoms with van der Waals surface area (Å²) in [6.45, 7) is 6.57. The van der Waals surface area contributed by atoms with Gasteiger partial charge in [0.1, 0.15) is 5.69 Å². The number of para-hydroxylation sites is 1. The van der Waals surface area contributed by atoms with Crippen molar-refractivity contribution in [1.29, 1.82) is 0 Å². The second-order valence-electron chi connectivity index (χ2n) is 7.88. The Balaban J connectivity index is 1.47. The van der Waals surface area contributed by atoms with Gasteiger partial charge in [-0.1, -0.05) is 30.3 Å². The van der Waals surface area contributed by atoms with Crippen LogP contribution in [0.25, 0.3) is 21.8 Å². The minimum absolute atomic E-state index is 0.166. The van der Waals surface area contributed by atoms with E-state index in [0.717, 1.165) is 35.9 Å². The van der Waals surface area contributed by atoms with E-state index in [2.05, 4.69) is 53.3 Å². The first-order chi connectivity index (χ1) is 15.0. The van der Waals surface area contributed by atoms with E-state index in [1.54, 1.807) is 6.07 Å². The van der Waals surface area contributed by atoms with Crippen molar-refractivity contribution in [3.05, 3.63) is 76.2 Å². The lowest BCUT2D eigenvalue weighted by Gasteiger charge is -2.23. The van der Waals surface area contributed by atoms with Crippen LogP contribution in [0.15, 0.2) is 59.4 Å². The number of pyridine rings is 1. The van der Waals surface area contributed by atoms with E-state index in [-0.39, 0.29) is 11.5 Å². The lowest BCUT2D eigenvalue weighted by atomic mass is 10.1. The van der Waals surface area contributed by atoms with Gasteiger partial charge in [0.25, 0.3) is 11.5 Å². The number of carbonyl (C=O) groups excluding carboxylic acids is 1. The van der Waals surface area contributed by atoms with Crippen LogP contribution in [-0.2, 0) is 7.05 Å². The lowest BCUT2D eigenvalue weighted by Crippen LogP contribution is -2.30. The molecule has 0 spiro atoms. The van der Waals surface area contributed by atoms with Gasteiger partial charge in [-0.2, -0.15) is 0 Å². The molecule has 1 amide bonds. The predicted octanol–water partition coefficient (Wildman–Crippen LogP) is 3.97. The molecule has 4 rings (SSSR count). The summed E-state index contributed by atoms with van der Waals surface area (Å²) in [6.07, 6.45) is 0.834. The van der Waals surface area contributed by atoms with Crippen LogP contribution in [0.4, 0.5) is 5.69 Å². The van der Waals surface area contributed by atoms with Crippen LogP contribution in [-0.4, -0.2) is 35.1 Å². The number of anilines is 1. The molecule has 0 bridgehead atoms. The highest BCUT2D eigenvalue weighted by atomic mass is 16.2. The third kappa shape index (κ3) is 4.06. The number of aryl methyl sites for hydroxylation is 2. The standard InChI is InChI=1S/C25H28N4O2/c1-4-29(18-10-7-9-17(2)15-18)14-8-13-26-25(31)22-16-20-23(28(22)3)19-11-5-6-12-21(19)27-24(20)30/h5-7,9-12,15-16H,4,8,13-14H2,1-3H3,(H,26,31)(H,27,30). The van der Waals surface area contributed by atoms with Crippen LogP contribution in [0.1, 0.15) is 29.4 Å². The van der Waals surface area contributed by atoms with Crippen LogP contribution in [0.2, 0.25) is 0 Å². The number of nitrogens with zero attached hydrogens (tertiary/aromatic N) is 2. The first kappa shape index (κ1) is 20.7. The summed E-state index contributed by atoms with van der Waals surface area (Å²) in [5, 5.41) is 4.47. The highest BCUT2D eigenvalue weighted by molar-refractivity contribution is 6.07. The molecule has 0 atom stereocenters. The Bertz CT molecular complexity index is 1300. The van der Waals surface area contributed by atoms with Crippen molar-refractivity contribution in [3.8, 4) is 0 Å². The predicted molar refractivity (Wildman–Crippen MR) is 127 cm³/mol. The molecule has 160 valence electrons. The fourth-order valence-electron chi connectivity index (χ4n) is 4.16. The normalized spacial score (nSPS) is 11.2. The zero-order chi connectivity index (χ0) is 22.0. The summed E-state index contributed by atoms with van der Waals surface area (Å²) in [6, 6.07) is 17.8. The van der Waals surface area contributed by atoms with Crippen LogP contribution in [0.5, 0.6) is 0 Å². The van der Waals surface area contributed by atoms with E-state index in [1.165, 1.54) is 11.3 Å². The number of nitrogens with one attached hydrogen (secondary N) is 2. The maximum atomic E-state index is 12.9. The molecule has 0 aliphatic carbocycles. The van der Waals surface area contributed by atoms with Crippen LogP contribution in [0.3, 0.4) is 0 Å².